The fourth-order valence-corrected chi connectivity index (χ4v) is 3.69. The molecule has 0 aliphatic carbocycles. The fourth-order valence-electron chi connectivity index (χ4n) is 3.69. The zero-order chi connectivity index (χ0) is 20.1. The SMILES string of the molecule is NC(=O)OCc1cnnn1C(c1ccccc1)(c1ccccc1)c1ccccc1. The van der Waals surface area contributed by atoms with Gasteiger partial charge in [0, 0.05) is 0 Å². The Bertz CT molecular complexity index is 983. The Hall–Kier alpha value is -3.93. The molecule has 1 amide bonds. The molecule has 3 aromatic carbocycles. The second-order valence-electron chi connectivity index (χ2n) is 6.55. The number of ether oxygens (including phenoxy) is 1. The van der Waals surface area contributed by atoms with E-state index in [0.29, 0.717) is 5.69 Å². The van der Waals surface area contributed by atoms with Crippen LogP contribution in [0.25, 0.3) is 0 Å². The van der Waals surface area contributed by atoms with E-state index < -0.39 is 11.6 Å². The zero-order valence-corrected chi connectivity index (χ0v) is 15.7. The van der Waals surface area contributed by atoms with Crippen molar-refractivity contribution in [2.24, 2.45) is 5.73 Å². The van der Waals surface area contributed by atoms with E-state index in [0.717, 1.165) is 16.7 Å². The summed E-state index contributed by atoms with van der Waals surface area (Å²) in [5, 5.41) is 8.55. The third kappa shape index (κ3) is 3.36. The largest absolute Gasteiger partial charge is 0.443 e. The molecule has 0 fully saturated rings. The van der Waals surface area contributed by atoms with Crippen LogP contribution in [0.15, 0.2) is 97.2 Å². The number of primary amides is 1. The third-order valence-corrected chi connectivity index (χ3v) is 4.87. The highest BCUT2D eigenvalue weighted by molar-refractivity contribution is 5.64. The smallest absolute Gasteiger partial charge is 0.404 e. The zero-order valence-electron chi connectivity index (χ0n) is 15.7. The van der Waals surface area contributed by atoms with Gasteiger partial charge in [0.15, 0.2) is 0 Å². The maximum atomic E-state index is 11.2. The minimum Gasteiger partial charge on any atom is -0.443 e. The number of benzene rings is 3. The lowest BCUT2D eigenvalue weighted by Crippen LogP contribution is -2.40. The molecule has 1 aromatic heterocycles. The van der Waals surface area contributed by atoms with Gasteiger partial charge < -0.3 is 10.5 Å². The Morgan fingerprint density at radius 1 is 0.828 bits per heavy atom. The molecule has 0 spiro atoms. The lowest BCUT2D eigenvalue weighted by Gasteiger charge is -2.36. The van der Waals surface area contributed by atoms with Crippen LogP contribution in [-0.4, -0.2) is 21.1 Å². The summed E-state index contributed by atoms with van der Waals surface area (Å²) in [5.74, 6) is 0. The van der Waals surface area contributed by atoms with Gasteiger partial charge in [-0.3, -0.25) is 0 Å². The molecule has 6 nitrogen and oxygen atoms in total. The van der Waals surface area contributed by atoms with Crippen molar-refractivity contribution < 1.29 is 9.53 Å². The van der Waals surface area contributed by atoms with Gasteiger partial charge in [-0.1, -0.05) is 96.2 Å². The first-order valence-corrected chi connectivity index (χ1v) is 9.22. The van der Waals surface area contributed by atoms with E-state index >= 15 is 0 Å². The number of nitrogens with two attached hydrogens (primary N) is 1. The van der Waals surface area contributed by atoms with Gasteiger partial charge in [0.25, 0.3) is 0 Å². The van der Waals surface area contributed by atoms with Crippen molar-refractivity contribution in [1.29, 1.82) is 0 Å². The fraction of sp³-hybridized carbons (Fsp3) is 0.0870. The maximum absolute atomic E-state index is 11.2. The molecule has 0 radical (unpaired) electrons. The van der Waals surface area contributed by atoms with Gasteiger partial charge in [0.2, 0.25) is 0 Å². The predicted octanol–water partition coefficient (Wildman–Crippen LogP) is 3.71. The van der Waals surface area contributed by atoms with Crippen molar-refractivity contribution in [3.8, 4) is 0 Å². The van der Waals surface area contributed by atoms with Crippen LogP contribution in [0.2, 0.25) is 0 Å². The number of aromatic nitrogens is 3. The summed E-state index contributed by atoms with van der Waals surface area (Å²) in [6.45, 7) is -0.0312. The molecule has 0 aliphatic rings. The number of hydrogen-bond acceptors (Lipinski definition) is 4. The molecule has 0 aliphatic heterocycles. The number of carbonyl (C=O) groups excluding carboxylic acids is 1. The van der Waals surface area contributed by atoms with Crippen LogP contribution in [0.5, 0.6) is 0 Å². The van der Waals surface area contributed by atoms with Crippen LogP contribution in [0.4, 0.5) is 4.79 Å². The first kappa shape index (κ1) is 18.4. The predicted molar refractivity (Wildman–Crippen MR) is 109 cm³/mol. The summed E-state index contributed by atoms with van der Waals surface area (Å²) >= 11 is 0. The highest BCUT2D eigenvalue weighted by Gasteiger charge is 2.40. The lowest BCUT2D eigenvalue weighted by atomic mass is 9.77. The maximum Gasteiger partial charge on any atom is 0.404 e. The molecule has 0 bridgehead atoms. The molecule has 144 valence electrons. The van der Waals surface area contributed by atoms with E-state index in [4.69, 9.17) is 10.5 Å². The number of amides is 1. The molecule has 29 heavy (non-hydrogen) atoms. The lowest BCUT2D eigenvalue weighted by molar-refractivity contribution is 0.145. The molecule has 0 saturated heterocycles. The standard InChI is InChI=1S/C23H20N4O2/c24-22(28)29-17-21-16-25-26-27(21)23(18-10-4-1-5-11-18,19-12-6-2-7-13-19)20-14-8-3-9-15-20/h1-16H,17H2,(H2,24,28). The van der Waals surface area contributed by atoms with E-state index in [9.17, 15) is 4.79 Å². The van der Waals surface area contributed by atoms with Crippen LogP contribution in [-0.2, 0) is 16.9 Å². The van der Waals surface area contributed by atoms with E-state index in [-0.39, 0.29) is 6.61 Å². The number of carbonyl (C=O) groups is 1. The summed E-state index contributed by atoms with van der Waals surface area (Å²) in [4.78, 5) is 11.2. The van der Waals surface area contributed by atoms with Gasteiger partial charge >= 0.3 is 6.09 Å². The van der Waals surface area contributed by atoms with Crippen LogP contribution in [0, 0.1) is 0 Å². The van der Waals surface area contributed by atoms with Gasteiger partial charge in [-0.25, -0.2) is 9.48 Å². The minimum atomic E-state index is -0.845. The van der Waals surface area contributed by atoms with Crippen molar-refractivity contribution in [3.05, 3.63) is 120 Å². The van der Waals surface area contributed by atoms with Gasteiger partial charge in [-0.2, -0.15) is 0 Å². The molecule has 6 heteroatoms. The summed E-state index contributed by atoms with van der Waals surface area (Å²) < 4.78 is 6.87. The average Bonchev–Trinajstić information content (AvgIpc) is 3.24. The Kier molecular flexibility index (Phi) is 5.07. The molecule has 0 saturated carbocycles. The minimum absolute atomic E-state index is 0.0312. The van der Waals surface area contributed by atoms with E-state index in [1.165, 1.54) is 0 Å². The van der Waals surface area contributed by atoms with Crippen molar-refractivity contribution >= 4 is 6.09 Å². The van der Waals surface area contributed by atoms with Crippen LogP contribution >= 0.6 is 0 Å². The Labute approximate surface area is 168 Å². The highest BCUT2D eigenvalue weighted by atomic mass is 16.5. The van der Waals surface area contributed by atoms with E-state index in [1.807, 2.05) is 54.6 Å². The molecule has 0 atom stereocenters. The van der Waals surface area contributed by atoms with E-state index in [2.05, 4.69) is 46.7 Å². The molecule has 4 rings (SSSR count). The summed E-state index contributed by atoms with van der Waals surface area (Å²) in [6.07, 6.45) is 0.745. The normalized spacial score (nSPS) is 11.2. The van der Waals surface area contributed by atoms with Crippen LogP contribution < -0.4 is 5.73 Å². The van der Waals surface area contributed by atoms with Gasteiger partial charge in [-0.15, -0.1) is 5.10 Å². The van der Waals surface area contributed by atoms with Crippen LogP contribution in [0.3, 0.4) is 0 Å². The first-order chi connectivity index (χ1) is 14.2. The summed E-state index contributed by atoms with van der Waals surface area (Å²) in [6, 6.07) is 30.2. The number of hydrogen-bond donors (Lipinski definition) is 1. The first-order valence-electron chi connectivity index (χ1n) is 9.22. The summed E-state index contributed by atoms with van der Waals surface area (Å²) in [7, 11) is 0. The van der Waals surface area contributed by atoms with Crippen molar-refractivity contribution in [2.45, 2.75) is 12.1 Å². The molecule has 4 aromatic rings. The second-order valence-corrected chi connectivity index (χ2v) is 6.55. The molecule has 0 unspecified atom stereocenters. The monoisotopic (exact) mass is 384 g/mol. The molecule has 2 N–H and O–H groups in total. The molecular formula is C23H20N4O2. The van der Waals surface area contributed by atoms with Crippen molar-refractivity contribution in [3.63, 3.8) is 0 Å². The molecular weight excluding hydrogens is 364 g/mol. The van der Waals surface area contributed by atoms with Gasteiger partial charge in [0.1, 0.15) is 12.1 Å². The van der Waals surface area contributed by atoms with Crippen LogP contribution in [0.1, 0.15) is 22.4 Å². The average molecular weight is 384 g/mol. The number of rotatable bonds is 6. The summed E-state index contributed by atoms with van der Waals surface area (Å²) in [5.41, 5.74) is 8.02. The quantitative estimate of drug-likeness (QED) is 0.514. The van der Waals surface area contributed by atoms with Crippen molar-refractivity contribution in [2.75, 3.05) is 0 Å². The second kappa shape index (κ2) is 7.98. The Balaban J connectivity index is 2.05. The highest BCUT2D eigenvalue weighted by Crippen LogP contribution is 2.40. The van der Waals surface area contributed by atoms with E-state index in [1.54, 1.807) is 10.9 Å². The van der Waals surface area contributed by atoms with Crippen molar-refractivity contribution in [1.82, 2.24) is 15.0 Å². The third-order valence-electron chi connectivity index (χ3n) is 4.87. The van der Waals surface area contributed by atoms with Gasteiger partial charge in [0.05, 0.1) is 11.9 Å². The Morgan fingerprint density at radius 2 is 1.28 bits per heavy atom. The number of nitrogens with zero attached hydrogens (tertiary/aromatic N) is 3. The topological polar surface area (TPSA) is 83.0 Å². The molecule has 1 heterocycles. The van der Waals surface area contributed by atoms with Gasteiger partial charge in [-0.05, 0) is 16.7 Å². The Morgan fingerprint density at radius 3 is 1.69 bits per heavy atom.